The lowest BCUT2D eigenvalue weighted by molar-refractivity contribution is 0.0595. The molecule has 1 aromatic carbocycles. The molecule has 110 valence electrons. The summed E-state index contributed by atoms with van der Waals surface area (Å²) in [5.41, 5.74) is 4.93. The van der Waals surface area contributed by atoms with Crippen molar-refractivity contribution in [3.63, 3.8) is 0 Å². The Morgan fingerprint density at radius 2 is 1.91 bits per heavy atom. The second-order valence-corrected chi connectivity index (χ2v) is 5.14. The van der Waals surface area contributed by atoms with Gasteiger partial charge in [0.2, 0.25) is 0 Å². The van der Waals surface area contributed by atoms with Gasteiger partial charge in [-0.05, 0) is 29.7 Å². The molecule has 0 amide bonds. The van der Waals surface area contributed by atoms with Crippen molar-refractivity contribution in [2.75, 3.05) is 7.11 Å². The number of allylic oxidation sites excluding steroid dienone is 1. The normalized spacial score (nSPS) is 10.6. The predicted molar refractivity (Wildman–Crippen MR) is 86.7 cm³/mol. The first-order chi connectivity index (χ1) is 10.6. The van der Waals surface area contributed by atoms with E-state index in [0.29, 0.717) is 5.65 Å². The van der Waals surface area contributed by atoms with E-state index in [1.54, 1.807) is 6.20 Å². The number of fused-ring (bicyclic) bond motifs is 1. The van der Waals surface area contributed by atoms with Crippen LogP contribution in [0.25, 0.3) is 22.3 Å². The number of carbonyl (C=O) groups is 1. The minimum Gasteiger partial charge on any atom is -0.464 e. The van der Waals surface area contributed by atoms with E-state index < -0.39 is 5.97 Å². The molecule has 22 heavy (non-hydrogen) atoms. The van der Waals surface area contributed by atoms with Gasteiger partial charge in [0.15, 0.2) is 5.69 Å². The highest BCUT2D eigenvalue weighted by Crippen LogP contribution is 2.26. The minimum absolute atomic E-state index is 0.287. The molecular weight excluding hydrogens is 276 g/mol. The van der Waals surface area contributed by atoms with Crippen LogP contribution in [0.2, 0.25) is 0 Å². The van der Waals surface area contributed by atoms with Gasteiger partial charge in [0.1, 0.15) is 5.65 Å². The van der Waals surface area contributed by atoms with Crippen molar-refractivity contribution in [2.24, 2.45) is 0 Å². The highest BCUT2D eigenvalue weighted by atomic mass is 16.5. The van der Waals surface area contributed by atoms with Gasteiger partial charge in [0, 0.05) is 18.0 Å². The molecule has 0 aliphatic heterocycles. The summed E-state index contributed by atoms with van der Waals surface area (Å²) >= 11 is 0. The van der Waals surface area contributed by atoms with Crippen molar-refractivity contribution >= 4 is 17.2 Å². The van der Waals surface area contributed by atoms with Crippen LogP contribution in [0.3, 0.4) is 0 Å². The fraction of sp³-hybridized carbons (Fsp3) is 0.111. The average Bonchev–Trinajstić information content (AvgIpc) is 2.97. The van der Waals surface area contributed by atoms with Gasteiger partial charge in [-0.15, -0.1) is 0 Å². The molecule has 0 N–H and O–H groups in total. The monoisotopic (exact) mass is 292 g/mol. The van der Waals surface area contributed by atoms with Gasteiger partial charge in [-0.1, -0.05) is 36.9 Å². The number of nitrogens with zero attached hydrogens (tertiary/aromatic N) is 2. The zero-order chi connectivity index (χ0) is 15.7. The third-order valence-corrected chi connectivity index (χ3v) is 3.51. The van der Waals surface area contributed by atoms with Crippen LogP contribution < -0.4 is 0 Å². The Hall–Kier alpha value is -2.88. The third-order valence-electron chi connectivity index (χ3n) is 3.51. The number of hydrogen-bond acceptors (Lipinski definition) is 3. The molecule has 4 nitrogen and oxygen atoms in total. The molecule has 0 atom stereocenters. The lowest BCUT2D eigenvalue weighted by Gasteiger charge is -2.08. The Kier molecular flexibility index (Phi) is 3.51. The second-order valence-electron chi connectivity index (χ2n) is 5.14. The number of pyridine rings is 1. The van der Waals surface area contributed by atoms with Crippen LogP contribution in [0, 0.1) is 0 Å². The van der Waals surface area contributed by atoms with Gasteiger partial charge >= 0.3 is 5.97 Å². The summed E-state index contributed by atoms with van der Waals surface area (Å²) in [6.07, 6.45) is 3.64. The number of hydrogen-bond donors (Lipinski definition) is 0. The molecule has 3 aromatic rings. The van der Waals surface area contributed by atoms with Crippen molar-refractivity contribution in [1.82, 2.24) is 9.38 Å². The summed E-state index contributed by atoms with van der Waals surface area (Å²) in [5, 5.41) is 0. The van der Waals surface area contributed by atoms with E-state index in [-0.39, 0.29) is 5.69 Å². The van der Waals surface area contributed by atoms with Gasteiger partial charge in [-0.2, -0.15) is 0 Å². The Labute approximate surface area is 128 Å². The van der Waals surface area contributed by atoms with Crippen LogP contribution in [0.4, 0.5) is 0 Å². The zero-order valence-electron chi connectivity index (χ0n) is 12.5. The zero-order valence-corrected chi connectivity index (χ0v) is 12.5. The minimum atomic E-state index is -0.447. The standard InChI is InChI=1S/C18H16N2O2/c1-12(2)15-9-14(13-7-5-4-6-8-13)10-20-11-16(18(21)22-3)19-17(15)20/h4-11H,1H2,2-3H3. The highest BCUT2D eigenvalue weighted by Gasteiger charge is 2.15. The first-order valence-corrected chi connectivity index (χ1v) is 6.92. The molecule has 4 heteroatoms. The summed E-state index contributed by atoms with van der Waals surface area (Å²) in [7, 11) is 1.35. The highest BCUT2D eigenvalue weighted by molar-refractivity contribution is 5.89. The summed E-state index contributed by atoms with van der Waals surface area (Å²) in [6.45, 7) is 5.94. The lowest BCUT2D eigenvalue weighted by Crippen LogP contribution is -2.00. The number of benzene rings is 1. The number of rotatable bonds is 3. The molecule has 0 spiro atoms. The molecule has 0 fully saturated rings. The largest absolute Gasteiger partial charge is 0.464 e. The Bertz CT molecular complexity index is 863. The SMILES string of the molecule is C=C(C)c1cc(-c2ccccc2)cn2cc(C(=O)OC)nc12. The van der Waals surface area contributed by atoms with E-state index in [1.165, 1.54) is 7.11 Å². The smallest absolute Gasteiger partial charge is 0.358 e. The van der Waals surface area contributed by atoms with Crippen LogP contribution in [0.15, 0.2) is 55.4 Å². The Morgan fingerprint density at radius 3 is 2.55 bits per heavy atom. The molecule has 0 unspecified atom stereocenters. The first-order valence-electron chi connectivity index (χ1n) is 6.92. The fourth-order valence-electron chi connectivity index (χ4n) is 2.40. The summed E-state index contributed by atoms with van der Waals surface area (Å²) in [5.74, 6) is -0.447. The first kappa shape index (κ1) is 14.1. The summed E-state index contributed by atoms with van der Waals surface area (Å²) in [4.78, 5) is 16.1. The number of carbonyl (C=O) groups excluding carboxylic acids is 1. The second kappa shape index (κ2) is 5.48. The van der Waals surface area contributed by atoms with Crippen LogP contribution >= 0.6 is 0 Å². The van der Waals surface area contributed by atoms with E-state index in [9.17, 15) is 4.79 Å². The van der Waals surface area contributed by atoms with E-state index in [1.807, 2.05) is 53.9 Å². The van der Waals surface area contributed by atoms with Crippen molar-refractivity contribution in [1.29, 1.82) is 0 Å². The molecule has 0 radical (unpaired) electrons. The van der Waals surface area contributed by atoms with E-state index >= 15 is 0 Å². The molecule has 0 aliphatic carbocycles. The fourth-order valence-corrected chi connectivity index (χ4v) is 2.40. The van der Waals surface area contributed by atoms with Crippen molar-refractivity contribution in [2.45, 2.75) is 6.92 Å². The number of ether oxygens (including phenoxy) is 1. The number of esters is 1. The maximum absolute atomic E-state index is 11.7. The molecule has 0 saturated carbocycles. The number of methoxy groups -OCH3 is 1. The van der Waals surface area contributed by atoms with Gasteiger partial charge in [0.25, 0.3) is 0 Å². The molecule has 2 aromatic heterocycles. The maximum atomic E-state index is 11.7. The molecule has 2 heterocycles. The topological polar surface area (TPSA) is 43.6 Å². The van der Waals surface area contributed by atoms with Crippen LogP contribution in [0.1, 0.15) is 23.0 Å². The van der Waals surface area contributed by atoms with Crippen LogP contribution in [-0.4, -0.2) is 22.5 Å². The van der Waals surface area contributed by atoms with Gasteiger partial charge in [0.05, 0.1) is 7.11 Å². The van der Waals surface area contributed by atoms with Crippen molar-refractivity contribution in [3.05, 3.63) is 66.6 Å². The molecule has 3 rings (SSSR count). The van der Waals surface area contributed by atoms with Gasteiger partial charge < -0.3 is 9.14 Å². The number of imidazole rings is 1. The average molecular weight is 292 g/mol. The Morgan fingerprint density at radius 1 is 1.18 bits per heavy atom. The maximum Gasteiger partial charge on any atom is 0.358 e. The molecule has 0 aliphatic rings. The summed E-state index contributed by atoms with van der Waals surface area (Å²) in [6, 6.07) is 12.1. The van der Waals surface area contributed by atoms with Crippen LogP contribution in [0.5, 0.6) is 0 Å². The molecule has 0 saturated heterocycles. The predicted octanol–water partition coefficient (Wildman–Crippen LogP) is 3.82. The quantitative estimate of drug-likeness (QED) is 0.689. The van der Waals surface area contributed by atoms with E-state index in [4.69, 9.17) is 4.74 Å². The van der Waals surface area contributed by atoms with E-state index in [0.717, 1.165) is 22.3 Å². The van der Waals surface area contributed by atoms with Gasteiger partial charge in [-0.3, -0.25) is 0 Å². The molecule has 0 bridgehead atoms. The van der Waals surface area contributed by atoms with Crippen molar-refractivity contribution in [3.8, 4) is 11.1 Å². The molecular formula is C18H16N2O2. The number of aromatic nitrogens is 2. The van der Waals surface area contributed by atoms with E-state index in [2.05, 4.69) is 11.6 Å². The van der Waals surface area contributed by atoms with Crippen LogP contribution in [-0.2, 0) is 4.74 Å². The summed E-state index contributed by atoms with van der Waals surface area (Å²) < 4.78 is 6.59. The van der Waals surface area contributed by atoms with Crippen molar-refractivity contribution < 1.29 is 9.53 Å². The van der Waals surface area contributed by atoms with Gasteiger partial charge in [-0.25, -0.2) is 9.78 Å². The Balaban J connectivity index is 2.25. The third kappa shape index (κ3) is 2.39. The lowest BCUT2D eigenvalue weighted by atomic mass is 10.0.